The van der Waals surface area contributed by atoms with Crippen LogP contribution in [0.1, 0.15) is 24.6 Å². The normalized spacial score (nSPS) is 15.4. The SMILES string of the molecule is CCCn1c(=O)c2c(n(C)c1=O)CN(C)C2. The zero-order valence-electron chi connectivity index (χ0n) is 9.99. The van der Waals surface area contributed by atoms with Crippen molar-refractivity contribution in [2.45, 2.75) is 33.0 Å². The zero-order valence-corrected chi connectivity index (χ0v) is 9.99. The molecule has 2 rings (SSSR count). The summed E-state index contributed by atoms with van der Waals surface area (Å²) in [5.74, 6) is 0. The number of rotatable bonds is 2. The number of fused-ring (bicyclic) bond motifs is 1. The predicted octanol–water partition coefficient (Wildman–Crippen LogP) is -0.0976. The lowest BCUT2D eigenvalue weighted by molar-refractivity contribution is 0.348. The van der Waals surface area contributed by atoms with Crippen molar-refractivity contribution >= 4 is 0 Å². The van der Waals surface area contributed by atoms with E-state index in [0.717, 1.165) is 17.7 Å². The highest BCUT2D eigenvalue weighted by atomic mass is 16.2. The fraction of sp³-hybridized carbons (Fsp3) is 0.636. The van der Waals surface area contributed by atoms with Gasteiger partial charge >= 0.3 is 5.69 Å². The van der Waals surface area contributed by atoms with Gasteiger partial charge in [-0.3, -0.25) is 18.8 Å². The molecule has 0 spiro atoms. The first-order valence-corrected chi connectivity index (χ1v) is 5.56. The lowest BCUT2D eigenvalue weighted by Gasteiger charge is -2.10. The number of aromatic nitrogens is 2. The summed E-state index contributed by atoms with van der Waals surface area (Å²) in [7, 11) is 3.69. The van der Waals surface area contributed by atoms with Gasteiger partial charge in [0.2, 0.25) is 0 Å². The average Bonchev–Trinajstić information content (AvgIpc) is 2.64. The minimum atomic E-state index is -0.194. The minimum absolute atomic E-state index is 0.107. The molecule has 2 heterocycles. The molecule has 1 aromatic rings. The Balaban J connectivity index is 2.70. The van der Waals surface area contributed by atoms with Crippen LogP contribution in [-0.4, -0.2) is 21.1 Å². The van der Waals surface area contributed by atoms with Crippen molar-refractivity contribution in [3.8, 4) is 0 Å². The van der Waals surface area contributed by atoms with Gasteiger partial charge in [0.1, 0.15) is 0 Å². The van der Waals surface area contributed by atoms with Gasteiger partial charge < -0.3 is 0 Å². The lowest BCUT2D eigenvalue weighted by atomic mass is 10.2. The third-order valence-corrected chi connectivity index (χ3v) is 3.07. The van der Waals surface area contributed by atoms with Gasteiger partial charge in [0, 0.05) is 32.4 Å². The summed E-state index contributed by atoms with van der Waals surface area (Å²) in [6, 6.07) is 0. The highest BCUT2D eigenvalue weighted by molar-refractivity contribution is 5.22. The van der Waals surface area contributed by atoms with Gasteiger partial charge in [-0.25, -0.2) is 4.79 Å². The van der Waals surface area contributed by atoms with E-state index in [0.29, 0.717) is 19.6 Å². The van der Waals surface area contributed by atoms with E-state index in [9.17, 15) is 9.59 Å². The molecule has 1 aliphatic heterocycles. The summed E-state index contributed by atoms with van der Waals surface area (Å²) in [5.41, 5.74) is 1.34. The van der Waals surface area contributed by atoms with Gasteiger partial charge in [0.15, 0.2) is 0 Å². The van der Waals surface area contributed by atoms with E-state index >= 15 is 0 Å². The van der Waals surface area contributed by atoms with Crippen molar-refractivity contribution in [2.24, 2.45) is 7.05 Å². The van der Waals surface area contributed by atoms with Crippen LogP contribution in [0.5, 0.6) is 0 Å². The van der Waals surface area contributed by atoms with Crippen LogP contribution in [0.2, 0.25) is 0 Å². The number of hydrogen-bond donors (Lipinski definition) is 0. The molecule has 0 aromatic carbocycles. The van der Waals surface area contributed by atoms with E-state index in [1.54, 1.807) is 11.6 Å². The Morgan fingerprint density at radius 3 is 2.50 bits per heavy atom. The second-order valence-electron chi connectivity index (χ2n) is 4.40. The standard InChI is InChI=1S/C11H17N3O2/c1-4-5-14-10(15)8-6-12(2)7-9(8)13(3)11(14)16/h4-7H2,1-3H3. The van der Waals surface area contributed by atoms with Crippen molar-refractivity contribution < 1.29 is 0 Å². The van der Waals surface area contributed by atoms with Gasteiger partial charge in [0.25, 0.3) is 5.56 Å². The number of nitrogens with zero attached hydrogens (tertiary/aromatic N) is 3. The first kappa shape index (κ1) is 11.1. The smallest absolute Gasteiger partial charge is 0.299 e. The van der Waals surface area contributed by atoms with Gasteiger partial charge in [-0.05, 0) is 13.5 Å². The quantitative estimate of drug-likeness (QED) is 0.703. The molecule has 5 nitrogen and oxygen atoms in total. The molecular weight excluding hydrogens is 206 g/mol. The van der Waals surface area contributed by atoms with Crippen LogP contribution in [0.4, 0.5) is 0 Å². The lowest BCUT2D eigenvalue weighted by Crippen LogP contribution is -2.41. The largest absolute Gasteiger partial charge is 0.330 e. The molecular formula is C11H17N3O2. The van der Waals surface area contributed by atoms with Crippen LogP contribution in [0, 0.1) is 0 Å². The van der Waals surface area contributed by atoms with E-state index in [1.807, 2.05) is 18.9 Å². The molecule has 0 saturated carbocycles. The minimum Gasteiger partial charge on any atom is -0.299 e. The Kier molecular flexibility index (Phi) is 2.71. The maximum atomic E-state index is 12.1. The molecule has 1 aromatic heterocycles. The van der Waals surface area contributed by atoms with Crippen LogP contribution in [0.25, 0.3) is 0 Å². The summed E-state index contributed by atoms with van der Waals surface area (Å²) in [5, 5.41) is 0. The fourth-order valence-electron chi connectivity index (χ4n) is 2.23. The Morgan fingerprint density at radius 1 is 1.19 bits per heavy atom. The van der Waals surface area contributed by atoms with Crippen molar-refractivity contribution in [3.05, 3.63) is 32.1 Å². The van der Waals surface area contributed by atoms with E-state index in [1.165, 1.54) is 4.57 Å². The maximum absolute atomic E-state index is 12.1. The molecule has 0 saturated heterocycles. The highest BCUT2D eigenvalue weighted by Crippen LogP contribution is 2.15. The second-order valence-corrected chi connectivity index (χ2v) is 4.40. The van der Waals surface area contributed by atoms with E-state index in [2.05, 4.69) is 0 Å². The zero-order chi connectivity index (χ0) is 11.9. The summed E-state index contributed by atoms with van der Waals surface area (Å²) in [6.07, 6.45) is 0.795. The van der Waals surface area contributed by atoms with Crippen molar-refractivity contribution in [1.29, 1.82) is 0 Å². The van der Waals surface area contributed by atoms with Crippen LogP contribution in [0.3, 0.4) is 0 Å². The molecule has 0 N–H and O–H groups in total. The fourth-order valence-corrected chi connectivity index (χ4v) is 2.23. The van der Waals surface area contributed by atoms with Gasteiger partial charge in [0.05, 0.1) is 5.56 Å². The number of hydrogen-bond acceptors (Lipinski definition) is 3. The molecule has 0 amide bonds. The molecule has 0 aliphatic carbocycles. The van der Waals surface area contributed by atoms with Crippen molar-refractivity contribution in [2.75, 3.05) is 7.05 Å². The molecule has 0 atom stereocenters. The summed E-state index contributed by atoms with van der Waals surface area (Å²) in [6.45, 7) is 3.79. The van der Waals surface area contributed by atoms with E-state index in [4.69, 9.17) is 0 Å². The van der Waals surface area contributed by atoms with Crippen molar-refractivity contribution in [1.82, 2.24) is 14.0 Å². The third-order valence-electron chi connectivity index (χ3n) is 3.07. The molecule has 0 fully saturated rings. The third kappa shape index (κ3) is 1.51. The van der Waals surface area contributed by atoms with Crippen LogP contribution >= 0.6 is 0 Å². The molecule has 0 radical (unpaired) electrons. The molecule has 0 bridgehead atoms. The second kappa shape index (κ2) is 3.90. The first-order chi connectivity index (χ1) is 7.56. The molecule has 16 heavy (non-hydrogen) atoms. The monoisotopic (exact) mass is 223 g/mol. The van der Waals surface area contributed by atoms with Crippen LogP contribution < -0.4 is 11.2 Å². The van der Waals surface area contributed by atoms with Crippen LogP contribution in [-0.2, 0) is 26.7 Å². The Hall–Kier alpha value is -1.36. The van der Waals surface area contributed by atoms with Gasteiger partial charge in [-0.2, -0.15) is 0 Å². The summed E-state index contributed by atoms with van der Waals surface area (Å²) >= 11 is 0. The van der Waals surface area contributed by atoms with E-state index < -0.39 is 0 Å². The molecule has 88 valence electrons. The predicted molar refractivity (Wildman–Crippen MR) is 61.4 cm³/mol. The van der Waals surface area contributed by atoms with Gasteiger partial charge in [-0.15, -0.1) is 0 Å². The topological polar surface area (TPSA) is 47.2 Å². The molecule has 0 unspecified atom stereocenters. The average molecular weight is 223 g/mol. The Bertz CT molecular complexity index is 527. The van der Waals surface area contributed by atoms with Crippen LogP contribution in [0.15, 0.2) is 9.59 Å². The molecule has 1 aliphatic rings. The Morgan fingerprint density at radius 2 is 1.88 bits per heavy atom. The summed E-state index contributed by atoms with van der Waals surface area (Å²) in [4.78, 5) is 26.1. The summed E-state index contributed by atoms with van der Waals surface area (Å²) < 4.78 is 2.95. The van der Waals surface area contributed by atoms with E-state index in [-0.39, 0.29) is 11.2 Å². The highest BCUT2D eigenvalue weighted by Gasteiger charge is 2.24. The van der Waals surface area contributed by atoms with Gasteiger partial charge in [-0.1, -0.05) is 6.92 Å². The Labute approximate surface area is 93.9 Å². The molecule has 5 heteroatoms. The first-order valence-electron chi connectivity index (χ1n) is 5.56. The maximum Gasteiger partial charge on any atom is 0.330 e. The van der Waals surface area contributed by atoms with Crippen molar-refractivity contribution in [3.63, 3.8) is 0 Å².